The number of ether oxygens (including phenoxy) is 2. The van der Waals surface area contributed by atoms with Crippen LogP contribution in [-0.4, -0.2) is 89.5 Å². The number of carbonyl (C=O) groups is 1. The van der Waals surface area contributed by atoms with Crippen molar-refractivity contribution in [3.8, 4) is 17.1 Å². The molecule has 0 saturated carbocycles. The van der Waals surface area contributed by atoms with Gasteiger partial charge in [-0.1, -0.05) is 27.2 Å². The number of aromatic amines is 1. The van der Waals surface area contributed by atoms with Crippen molar-refractivity contribution >= 4 is 27.0 Å². The number of rotatable bonds is 10. The average Bonchev–Trinajstić information content (AvgIpc) is 3.23. The molecule has 218 valence electrons. The summed E-state index contributed by atoms with van der Waals surface area (Å²) in [6.45, 7) is 9.53. The van der Waals surface area contributed by atoms with Crippen LogP contribution in [0.15, 0.2) is 27.9 Å². The first kappa shape index (κ1) is 29.7. The third-order valence-electron chi connectivity index (χ3n) is 7.18. The van der Waals surface area contributed by atoms with E-state index in [1.165, 1.54) is 21.1 Å². The van der Waals surface area contributed by atoms with Gasteiger partial charge in [0.05, 0.1) is 67.4 Å². The van der Waals surface area contributed by atoms with Crippen molar-refractivity contribution in [2.75, 3.05) is 46.6 Å². The predicted octanol–water partition coefficient (Wildman–Crippen LogP) is 2.28. The van der Waals surface area contributed by atoms with Crippen molar-refractivity contribution in [2.24, 2.45) is 13.0 Å². The number of sulfonamides is 1. The van der Waals surface area contributed by atoms with E-state index in [0.717, 1.165) is 12.1 Å². The number of esters is 1. The summed E-state index contributed by atoms with van der Waals surface area (Å²) in [6, 6.07) is 4.62. The van der Waals surface area contributed by atoms with Crippen LogP contribution >= 0.6 is 0 Å². The van der Waals surface area contributed by atoms with Gasteiger partial charge in [0.1, 0.15) is 11.6 Å². The van der Waals surface area contributed by atoms with Crippen LogP contribution in [-0.2, 0) is 33.0 Å². The summed E-state index contributed by atoms with van der Waals surface area (Å²) in [5.41, 5.74) is 1.62. The molecule has 40 heavy (non-hydrogen) atoms. The van der Waals surface area contributed by atoms with Crippen LogP contribution < -0.4 is 10.3 Å². The molecule has 1 saturated heterocycles. The second-order valence-corrected chi connectivity index (χ2v) is 12.7. The zero-order chi connectivity index (χ0) is 29.2. The standard InChI is InChI=1S/C27H38N6O6S/c1-7-9-21-23-24(31(5)30-21)26(34)29-25(28-23)20-16-19(10-11-22(20)38-8-2)40(36,37)32-12-14-33(6,15-13-32)17-39-27(35)18(3)4/h10-11,16,18H,7-9,12-15,17H2,1-6H3/p+1. The molecule has 0 bridgehead atoms. The molecule has 1 aromatic carbocycles. The van der Waals surface area contributed by atoms with Gasteiger partial charge < -0.3 is 14.5 Å². The summed E-state index contributed by atoms with van der Waals surface area (Å²) in [5.74, 6) is 0.149. The molecule has 0 unspecified atom stereocenters. The highest BCUT2D eigenvalue weighted by atomic mass is 32.2. The number of quaternary nitrogens is 1. The summed E-state index contributed by atoms with van der Waals surface area (Å²) in [4.78, 5) is 32.5. The molecule has 1 fully saturated rings. The average molecular weight is 576 g/mol. The van der Waals surface area contributed by atoms with Gasteiger partial charge in [-0.05, 0) is 31.5 Å². The zero-order valence-corrected chi connectivity index (χ0v) is 24.9. The lowest BCUT2D eigenvalue weighted by Crippen LogP contribution is -2.59. The highest BCUT2D eigenvalue weighted by Gasteiger charge is 2.36. The Hall–Kier alpha value is -3.29. The van der Waals surface area contributed by atoms with Gasteiger partial charge in [-0.15, -0.1) is 0 Å². The molecule has 4 rings (SSSR count). The fourth-order valence-electron chi connectivity index (χ4n) is 4.77. The van der Waals surface area contributed by atoms with E-state index in [0.29, 0.717) is 52.9 Å². The lowest BCUT2D eigenvalue weighted by Gasteiger charge is -2.40. The molecular weight excluding hydrogens is 536 g/mol. The van der Waals surface area contributed by atoms with E-state index in [2.05, 4.69) is 15.1 Å². The number of nitrogens with zero attached hydrogens (tertiary/aromatic N) is 5. The highest BCUT2D eigenvalue weighted by molar-refractivity contribution is 7.89. The fourth-order valence-corrected chi connectivity index (χ4v) is 6.22. The third-order valence-corrected chi connectivity index (χ3v) is 9.07. The van der Waals surface area contributed by atoms with Crippen LogP contribution in [0.3, 0.4) is 0 Å². The maximum atomic E-state index is 13.7. The number of carbonyl (C=O) groups excluding carboxylic acids is 1. The van der Waals surface area contributed by atoms with Crippen molar-refractivity contribution in [2.45, 2.75) is 45.4 Å². The predicted molar refractivity (Wildman–Crippen MR) is 150 cm³/mol. The van der Waals surface area contributed by atoms with Gasteiger partial charge in [0.25, 0.3) is 5.56 Å². The van der Waals surface area contributed by atoms with Gasteiger partial charge in [0.2, 0.25) is 16.8 Å². The molecule has 12 nitrogen and oxygen atoms in total. The van der Waals surface area contributed by atoms with Gasteiger partial charge in [0.15, 0.2) is 5.52 Å². The summed E-state index contributed by atoms with van der Waals surface area (Å²) in [7, 11) is -0.204. The highest BCUT2D eigenvalue weighted by Crippen LogP contribution is 2.32. The summed E-state index contributed by atoms with van der Waals surface area (Å²) in [6.07, 6.45) is 1.52. The number of fused-ring (bicyclic) bond motifs is 1. The Bertz CT molecular complexity index is 1550. The largest absolute Gasteiger partial charge is 0.493 e. The molecule has 0 atom stereocenters. The Balaban J connectivity index is 1.66. The lowest BCUT2D eigenvalue weighted by atomic mass is 10.1. The van der Waals surface area contributed by atoms with Crippen LogP contribution in [0.2, 0.25) is 0 Å². The minimum Gasteiger partial charge on any atom is -0.493 e. The van der Waals surface area contributed by atoms with Crippen molar-refractivity contribution in [1.82, 2.24) is 24.1 Å². The van der Waals surface area contributed by atoms with Crippen molar-refractivity contribution in [3.63, 3.8) is 0 Å². The van der Waals surface area contributed by atoms with Gasteiger partial charge in [-0.2, -0.15) is 14.4 Å². The molecule has 2 aromatic heterocycles. The monoisotopic (exact) mass is 575 g/mol. The molecule has 3 aromatic rings. The summed E-state index contributed by atoms with van der Waals surface area (Å²) in [5, 5.41) is 4.48. The fraction of sp³-hybridized carbons (Fsp3) is 0.556. The van der Waals surface area contributed by atoms with Gasteiger partial charge in [0, 0.05) is 7.05 Å². The minimum absolute atomic E-state index is 0.0796. The number of aromatic nitrogens is 4. The van der Waals surface area contributed by atoms with E-state index in [1.54, 1.807) is 27.0 Å². The van der Waals surface area contributed by atoms with Crippen LogP contribution in [0.5, 0.6) is 5.75 Å². The molecule has 13 heteroatoms. The molecule has 1 aliphatic heterocycles. The maximum Gasteiger partial charge on any atom is 0.312 e. The second-order valence-electron chi connectivity index (χ2n) is 10.7. The molecule has 0 amide bonds. The first-order chi connectivity index (χ1) is 18.9. The van der Waals surface area contributed by atoms with E-state index >= 15 is 0 Å². The van der Waals surface area contributed by atoms with E-state index < -0.39 is 15.6 Å². The van der Waals surface area contributed by atoms with Crippen LogP contribution in [0.4, 0.5) is 0 Å². The van der Waals surface area contributed by atoms with E-state index in [1.807, 2.05) is 20.9 Å². The number of nitrogens with one attached hydrogen (secondary N) is 1. The maximum absolute atomic E-state index is 13.7. The Morgan fingerprint density at radius 2 is 1.90 bits per heavy atom. The molecule has 0 radical (unpaired) electrons. The second kappa shape index (κ2) is 11.7. The molecule has 3 heterocycles. The summed E-state index contributed by atoms with van der Waals surface area (Å²) < 4.78 is 42.1. The number of hydrogen-bond acceptors (Lipinski definition) is 8. The Morgan fingerprint density at radius 3 is 2.52 bits per heavy atom. The topological polar surface area (TPSA) is 136 Å². The van der Waals surface area contributed by atoms with E-state index in [-0.39, 0.29) is 42.4 Å². The number of hydrogen-bond donors (Lipinski definition) is 1. The first-order valence-electron chi connectivity index (χ1n) is 13.6. The van der Waals surface area contributed by atoms with Gasteiger partial charge in [-0.25, -0.2) is 8.42 Å². The van der Waals surface area contributed by atoms with Crippen LogP contribution in [0, 0.1) is 5.92 Å². The number of likely N-dealkylation sites (N-methyl/N-ethyl adjacent to an activating group) is 1. The zero-order valence-electron chi connectivity index (χ0n) is 24.1. The Morgan fingerprint density at radius 1 is 1.20 bits per heavy atom. The molecule has 0 spiro atoms. The lowest BCUT2D eigenvalue weighted by molar-refractivity contribution is -0.928. The molecule has 1 aliphatic rings. The molecule has 1 N–H and O–H groups in total. The van der Waals surface area contributed by atoms with Crippen LogP contribution in [0.1, 0.15) is 39.8 Å². The van der Waals surface area contributed by atoms with Crippen molar-refractivity contribution in [1.29, 1.82) is 0 Å². The first-order valence-corrected chi connectivity index (χ1v) is 15.1. The number of benzene rings is 1. The normalized spacial score (nSPS) is 16.0. The third kappa shape index (κ3) is 5.91. The quantitative estimate of drug-likeness (QED) is 0.287. The van der Waals surface area contributed by atoms with Gasteiger partial charge in [-0.3, -0.25) is 18.8 Å². The van der Waals surface area contributed by atoms with Crippen molar-refractivity contribution < 1.29 is 27.2 Å². The number of piperazine rings is 1. The van der Waals surface area contributed by atoms with Gasteiger partial charge >= 0.3 is 5.97 Å². The summed E-state index contributed by atoms with van der Waals surface area (Å²) >= 11 is 0. The Labute approximate surface area is 234 Å². The molecular formula is C27H39N6O6S+. The SMILES string of the molecule is CCCc1nn(C)c2c(=O)nc(-c3cc(S(=O)(=O)N4CC[N+](C)(COC(=O)C(C)C)CC4)ccc3OCC)[nH]c12. The number of H-pyrrole nitrogens is 1. The van der Waals surface area contributed by atoms with Crippen molar-refractivity contribution in [3.05, 3.63) is 34.2 Å². The van der Waals surface area contributed by atoms with E-state index in [9.17, 15) is 18.0 Å². The molecule has 0 aliphatic carbocycles. The van der Waals surface area contributed by atoms with Crippen LogP contribution in [0.25, 0.3) is 22.4 Å². The van der Waals surface area contributed by atoms with E-state index in [4.69, 9.17) is 9.47 Å². The minimum atomic E-state index is -3.86. The Kier molecular flexibility index (Phi) is 8.66. The smallest absolute Gasteiger partial charge is 0.312 e. The number of aryl methyl sites for hydroxylation is 2.